The summed E-state index contributed by atoms with van der Waals surface area (Å²) >= 11 is 3.24. The van der Waals surface area contributed by atoms with Crippen LogP contribution < -0.4 is 5.32 Å². The molecule has 2 N–H and O–H groups in total. The van der Waals surface area contributed by atoms with Crippen molar-refractivity contribution in [3.63, 3.8) is 0 Å². The normalized spacial score (nSPS) is 18.2. The van der Waals surface area contributed by atoms with E-state index in [-0.39, 0.29) is 17.6 Å². The number of carboxylic acid groups (broad SMARTS) is 1. The number of aromatic carboxylic acids is 1. The number of hydrogen-bond acceptors (Lipinski definition) is 3. The first kappa shape index (κ1) is 16.0. The summed E-state index contributed by atoms with van der Waals surface area (Å²) in [6.45, 7) is 0.778. The third-order valence-corrected chi connectivity index (χ3v) is 3.85. The second kappa shape index (κ2) is 7.56. The summed E-state index contributed by atoms with van der Waals surface area (Å²) in [6.07, 6.45) is 4.50. The van der Waals surface area contributed by atoms with Gasteiger partial charge in [0.15, 0.2) is 0 Å². The summed E-state index contributed by atoms with van der Waals surface area (Å²) in [5.41, 5.74) is 0.617. The van der Waals surface area contributed by atoms with Gasteiger partial charge in [0.2, 0.25) is 5.91 Å². The molecule has 0 bridgehead atoms. The Hall–Kier alpha value is -1.40. The van der Waals surface area contributed by atoms with Crippen LogP contribution >= 0.6 is 15.9 Å². The van der Waals surface area contributed by atoms with Crippen molar-refractivity contribution in [1.29, 1.82) is 0 Å². The molecule has 0 aromatic heterocycles. The Labute approximate surface area is 131 Å². The number of carboxylic acids is 1. The van der Waals surface area contributed by atoms with E-state index < -0.39 is 5.97 Å². The molecule has 0 saturated carbocycles. The monoisotopic (exact) mass is 355 g/mol. The van der Waals surface area contributed by atoms with Crippen LogP contribution in [0, 0.1) is 0 Å². The third kappa shape index (κ3) is 5.13. The number of anilines is 1. The van der Waals surface area contributed by atoms with Gasteiger partial charge in [-0.3, -0.25) is 4.79 Å². The Kier molecular flexibility index (Phi) is 5.76. The Bertz CT molecular complexity index is 526. The molecule has 1 saturated heterocycles. The van der Waals surface area contributed by atoms with Crippen LogP contribution in [0.5, 0.6) is 0 Å². The zero-order valence-electron chi connectivity index (χ0n) is 11.6. The van der Waals surface area contributed by atoms with Crippen LogP contribution in [-0.4, -0.2) is 29.7 Å². The van der Waals surface area contributed by atoms with E-state index in [9.17, 15) is 9.59 Å². The van der Waals surface area contributed by atoms with Gasteiger partial charge in [0.05, 0.1) is 11.7 Å². The maximum atomic E-state index is 11.9. The zero-order chi connectivity index (χ0) is 15.2. The third-order valence-electron chi connectivity index (χ3n) is 3.40. The van der Waals surface area contributed by atoms with Crippen molar-refractivity contribution in [3.8, 4) is 0 Å². The lowest BCUT2D eigenvalue weighted by Gasteiger charge is -2.22. The quantitative estimate of drug-likeness (QED) is 0.848. The predicted octanol–water partition coefficient (Wildman–Crippen LogP) is 3.44. The van der Waals surface area contributed by atoms with Gasteiger partial charge in [0.25, 0.3) is 0 Å². The van der Waals surface area contributed by atoms with Crippen molar-refractivity contribution < 1.29 is 19.4 Å². The summed E-state index contributed by atoms with van der Waals surface area (Å²) in [5.74, 6) is -1.15. The van der Waals surface area contributed by atoms with Gasteiger partial charge in [-0.1, -0.05) is 15.9 Å². The van der Waals surface area contributed by atoms with E-state index in [1.807, 2.05) is 0 Å². The van der Waals surface area contributed by atoms with Crippen molar-refractivity contribution >= 4 is 33.5 Å². The van der Waals surface area contributed by atoms with Gasteiger partial charge in [0, 0.05) is 23.2 Å². The first-order valence-electron chi connectivity index (χ1n) is 7.00. The molecular weight excluding hydrogens is 338 g/mol. The molecule has 0 spiro atoms. The average Bonchev–Trinajstić information content (AvgIpc) is 2.45. The molecule has 0 radical (unpaired) electrons. The Morgan fingerprint density at radius 1 is 1.33 bits per heavy atom. The summed E-state index contributed by atoms with van der Waals surface area (Å²) in [7, 11) is 0. The highest BCUT2D eigenvalue weighted by molar-refractivity contribution is 9.10. The van der Waals surface area contributed by atoms with Crippen LogP contribution in [0.2, 0.25) is 0 Å². The number of carbonyl (C=O) groups excluding carboxylic acids is 1. The maximum Gasteiger partial charge on any atom is 0.335 e. The highest BCUT2D eigenvalue weighted by Gasteiger charge is 2.15. The molecule has 6 heteroatoms. The molecule has 1 fully saturated rings. The fourth-order valence-electron chi connectivity index (χ4n) is 2.34. The summed E-state index contributed by atoms with van der Waals surface area (Å²) < 4.78 is 6.20. The second-order valence-corrected chi connectivity index (χ2v) is 6.02. The van der Waals surface area contributed by atoms with Crippen molar-refractivity contribution in [3.05, 3.63) is 28.2 Å². The first-order valence-corrected chi connectivity index (χ1v) is 7.79. The van der Waals surface area contributed by atoms with E-state index in [4.69, 9.17) is 9.84 Å². The number of ether oxygens (including phenoxy) is 1. The molecule has 114 valence electrons. The lowest BCUT2D eigenvalue weighted by molar-refractivity contribution is -0.117. The van der Waals surface area contributed by atoms with Gasteiger partial charge < -0.3 is 15.2 Å². The van der Waals surface area contributed by atoms with Crippen LogP contribution in [0.4, 0.5) is 5.69 Å². The van der Waals surface area contributed by atoms with Crippen molar-refractivity contribution in [1.82, 2.24) is 0 Å². The van der Waals surface area contributed by atoms with Crippen LogP contribution in [-0.2, 0) is 9.53 Å². The fraction of sp³-hybridized carbons (Fsp3) is 0.467. The fourth-order valence-corrected chi connectivity index (χ4v) is 2.83. The van der Waals surface area contributed by atoms with Gasteiger partial charge in [-0.25, -0.2) is 4.79 Å². The molecule has 1 aromatic carbocycles. The van der Waals surface area contributed by atoms with Crippen molar-refractivity contribution in [2.45, 2.75) is 38.2 Å². The van der Waals surface area contributed by atoms with E-state index in [1.54, 1.807) is 6.07 Å². The Balaban J connectivity index is 1.88. The zero-order valence-corrected chi connectivity index (χ0v) is 13.2. The van der Waals surface area contributed by atoms with Crippen LogP contribution in [0.1, 0.15) is 42.5 Å². The SMILES string of the molecule is O=C(CCC1CCCCO1)Nc1cc(Br)cc(C(=O)O)c1. The molecule has 1 amide bonds. The molecule has 1 aliphatic heterocycles. The van der Waals surface area contributed by atoms with E-state index in [0.717, 1.165) is 25.9 Å². The summed E-state index contributed by atoms with van der Waals surface area (Å²) in [4.78, 5) is 22.9. The number of nitrogens with one attached hydrogen (secondary N) is 1. The van der Waals surface area contributed by atoms with Gasteiger partial charge in [-0.05, 0) is 43.9 Å². The number of amides is 1. The average molecular weight is 356 g/mol. The molecule has 1 aliphatic rings. The van der Waals surface area contributed by atoms with Crippen LogP contribution in [0.25, 0.3) is 0 Å². The van der Waals surface area contributed by atoms with Crippen molar-refractivity contribution in [2.24, 2.45) is 0 Å². The van der Waals surface area contributed by atoms with Crippen molar-refractivity contribution in [2.75, 3.05) is 11.9 Å². The van der Waals surface area contributed by atoms with E-state index in [2.05, 4.69) is 21.2 Å². The van der Waals surface area contributed by atoms with Gasteiger partial charge in [0.1, 0.15) is 0 Å². The largest absolute Gasteiger partial charge is 0.478 e. The minimum Gasteiger partial charge on any atom is -0.478 e. The smallest absolute Gasteiger partial charge is 0.335 e. The molecule has 1 unspecified atom stereocenters. The van der Waals surface area contributed by atoms with Gasteiger partial charge in [-0.2, -0.15) is 0 Å². The summed E-state index contributed by atoms with van der Waals surface area (Å²) in [5, 5.41) is 11.7. The first-order chi connectivity index (χ1) is 10.0. The van der Waals surface area contributed by atoms with E-state index in [1.165, 1.54) is 12.1 Å². The highest BCUT2D eigenvalue weighted by Crippen LogP contribution is 2.21. The molecule has 2 rings (SSSR count). The number of benzene rings is 1. The Morgan fingerprint density at radius 2 is 2.14 bits per heavy atom. The van der Waals surface area contributed by atoms with Crippen LogP contribution in [0.3, 0.4) is 0 Å². The maximum absolute atomic E-state index is 11.9. The van der Waals surface area contributed by atoms with E-state index >= 15 is 0 Å². The topological polar surface area (TPSA) is 75.6 Å². The number of halogens is 1. The molecule has 5 nitrogen and oxygen atoms in total. The lowest BCUT2D eigenvalue weighted by atomic mass is 10.0. The van der Waals surface area contributed by atoms with E-state index in [0.29, 0.717) is 23.0 Å². The number of hydrogen-bond donors (Lipinski definition) is 2. The molecule has 1 atom stereocenters. The number of carbonyl (C=O) groups is 2. The molecule has 0 aliphatic carbocycles. The van der Waals surface area contributed by atoms with Gasteiger partial charge in [-0.15, -0.1) is 0 Å². The Morgan fingerprint density at radius 3 is 2.81 bits per heavy atom. The lowest BCUT2D eigenvalue weighted by Crippen LogP contribution is -2.21. The highest BCUT2D eigenvalue weighted by atomic mass is 79.9. The molecule has 1 heterocycles. The molecular formula is C15H18BrNO4. The minimum atomic E-state index is -1.03. The van der Waals surface area contributed by atoms with Crippen LogP contribution in [0.15, 0.2) is 22.7 Å². The summed E-state index contributed by atoms with van der Waals surface area (Å²) in [6, 6.07) is 4.62. The molecule has 21 heavy (non-hydrogen) atoms. The second-order valence-electron chi connectivity index (χ2n) is 5.11. The predicted molar refractivity (Wildman–Crippen MR) is 82.6 cm³/mol. The number of rotatable bonds is 5. The van der Waals surface area contributed by atoms with Gasteiger partial charge >= 0.3 is 5.97 Å². The minimum absolute atomic E-state index is 0.126. The molecule has 1 aromatic rings. The standard InChI is InChI=1S/C15H18BrNO4/c16-11-7-10(15(19)20)8-12(9-11)17-14(18)5-4-13-3-1-2-6-21-13/h7-9,13H,1-6H2,(H,17,18)(H,19,20).